The minimum absolute atomic E-state index is 0.173. The number of amides is 1. The summed E-state index contributed by atoms with van der Waals surface area (Å²) in [6.07, 6.45) is 1.85. The molecule has 0 aliphatic heterocycles. The highest BCUT2D eigenvalue weighted by molar-refractivity contribution is 8.00. The van der Waals surface area contributed by atoms with Crippen molar-refractivity contribution in [2.75, 3.05) is 5.32 Å². The lowest BCUT2D eigenvalue weighted by Crippen LogP contribution is -2.22. The van der Waals surface area contributed by atoms with Crippen molar-refractivity contribution in [3.05, 3.63) is 17.6 Å². The van der Waals surface area contributed by atoms with Crippen molar-refractivity contribution in [3.8, 4) is 0 Å². The minimum atomic E-state index is -0.328. The number of rotatable bonds is 6. The van der Waals surface area contributed by atoms with Gasteiger partial charge < -0.3 is 4.52 Å². The maximum Gasteiger partial charge on any atom is 0.240 e. The molecule has 1 atom stereocenters. The van der Waals surface area contributed by atoms with E-state index in [1.54, 1.807) is 19.9 Å². The average Bonchev–Trinajstić information content (AvgIpc) is 2.99. The normalized spacial score (nSPS) is 12.3. The molecule has 2 heterocycles. The molecule has 0 unspecified atom stereocenters. The topological polar surface area (TPSA) is 96.7 Å². The fourth-order valence-electron chi connectivity index (χ4n) is 1.54. The maximum atomic E-state index is 12.0. The van der Waals surface area contributed by atoms with Crippen LogP contribution in [0.1, 0.15) is 31.8 Å². The molecule has 0 bridgehead atoms. The second-order valence-electron chi connectivity index (χ2n) is 4.40. The molecule has 0 aliphatic carbocycles. The number of carbonyl (C=O) groups is 1. The summed E-state index contributed by atoms with van der Waals surface area (Å²) in [5, 5.41) is 13.6. The van der Waals surface area contributed by atoms with E-state index in [9.17, 15) is 4.79 Å². The van der Waals surface area contributed by atoms with E-state index in [1.165, 1.54) is 11.8 Å². The summed E-state index contributed by atoms with van der Waals surface area (Å²) in [6.45, 7) is 5.66. The molecule has 2 N–H and O–H groups in total. The number of aryl methyl sites for hydroxylation is 2. The summed E-state index contributed by atoms with van der Waals surface area (Å²) < 4.78 is 4.94. The lowest BCUT2D eigenvalue weighted by atomic mass is 10.3. The monoisotopic (exact) mass is 295 g/mol. The molecular weight excluding hydrogens is 278 g/mol. The van der Waals surface area contributed by atoms with Gasteiger partial charge >= 0.3 is 0 Å². The number of H-pyrrole nitrogens is 1. The van der Waals surface area contributed by atoms with Crippen molar-refractivity contribution in [1.29, 1.82) is 0 Å². The van der Waals surface area contributed by atoms with E-state index in [1.807, 2.05) is 0 Å². The Morgan fingerprint density at radius 3 is 3.05 bits per heavy atom. The molecule has 0 saturated carbocycles. The van der Waals surface area contributed by atoms with E-state index in [4.69, 9.17) is 4.52 Å². The second kappa shape index (κ2) is 6.56. The van der Waals surface area contributed by atoms with Gasteiger partial charge in [0.05, 0.1) is 10.9 Å². The summed E-state index contributed by atoms with van der Waals surface area (Å²) in [6, 6.07) is 1.67. The van der Waals surface area contributed by atoms with E-state index >= 15 is 0 Å². The lowest BCUT2D eigenvalue weighted by Gasteiger charge is -2.07. The Balaban J connectivity index is 1.89. The molecule has 2 rings (SSSR count). The van der Waals surface area contributed by atoms with Crippen molar-refractivity contribution in [2.45, 2.75) is 44.0 Å². The number of carbonyl (C=O) groups excluding carboxylic acids is 1. The van der Waals surface area contributed by atoms with Crippen LogP contribution in [0.4, 0.5) is 5.88 Å². The fourth-order valence-corrected chi connectivity index (χ4v) is 2.28. The number of aromatic nitrogens is 4. The van der Waals surface area contributed by atoms with Crippen LogP contribution in [-0.2, 0) is 11.2 Å². The van der Waals surface area contributed by atoms with Gasteiger partial charge in [0.15, 0.2) is 0 Å². The molecule has 0 saturated heterocycles. The zero-order valence-corrected chi connectivity index (χ0v) is 12.5. The molecule has 2 aromatic rings. The molecule has 0 aliphatic rings. The summed E-state index contributed by atoms with van der Waals surface area (Å²) in [7, 11) is 0. The summed E-state index contributed by atoms with van der Waals surface area (Å²) in [5.41, 5.74) is 0.721. The lowest BCUT2D eigenvalue weighted by molar-refractivity contribution is -0.115. The van der Waals surface area contributed by atoms with Gasteiger partial charge in [-0.2, -0.15) is 0 Å². The molecule has 8 heteroatoms. The Labute approximate surface area is 120 Å². The first kappa shape index (κ1) is 14.6. The van der Waals surface area contributed by atoms with Crippen LogP contribution in [-0.4, -0.2) is 31.5 Å². The van der Waals surface area contributed by atoms with Gasteiger partial charge in [0.25, 0.3) is 0 Å². The highest BCUT2D eigenvalue weighted by Crippen LogP contribution is 2.21. The van der Waals surface area contributed by atoms with Gasteiger partial charge in [0.2, 0.25) is 16.9 Å². The van der Waals surface area contributed by atoms with E-state index in [0.717, 1.165) is 24.4 Å². The summed E-state index contributed by atoms with van der Waals surface area (Å²) in [5.74, 6) is 1.02. The van der Waals surface area contributed by atoms with Gasteiger partial charge in [0.1, 0.15) is 5.82 Å². The van der Waals surface area contributed by atoms with Crippen LogP contribution in [0.3, 0.4) is 0 Å². The predicted molar refractivity (Wildman–Crippen MR) is 75.6 cm³/mol. The maximum absolute atomic E-state index is 12.0. The highest BCUT2D eigenvalue weighted by atomic mass is 32.2. The first-order valence-corrected chi connectivity index (χ1v) is 7.28. The van der Waals surface area contributed by atoms with Gasteiger partial charge in [0, 0.05) is 12.5 Å². The Morgan fingerprint density at radius 1 is 1.60 bits per heavy atom. The zero-order valence-electron chi connectivity index (χ0n) is 11.6. The third-order valence-corrected chi connectivity index (χ3v) is 3.48. The smallest absolute Gasteiger partial charge is 0.240 e. The Hall–Kier alpha value is -1.83. The summed E-state index contributed by atoms with van der Waals surface area (Å²) in [4.78, 5) is 16.3. The number of thioether (sulfide) groups is 1. The minimum Gasteiger partial charge on any atom is -0.338 e. The molecule has 0 radical (unpaired) electrons. The van der Waals surface area contributed by atoms with Crippen LogP contribution in [0.5, 0.6) is 0 Å². The second-order valence-corrected chi connectivity index (χ2v) is 5.70. The number of nitrogens with zero attached hydrogens (tertiary/aromatic N) is 3. The van der Waals surface area contributed by atoms with E-state index in [0.29, 0.717) is 11.0 Å². The summed E-state index contributed by atoms with van der Waals surface area (Å²) >= 11 is 1.30. The van der Waals surface area contributed by atoms with E-state index in [2.05, 4.69) is 32.6 Å². The largest absolute Gasteiger partial charge is 0.338 e. The quantitative estimate of drug-likeness (QED) is 0.793. The number of aromatic amines is 1. The van der Waals surface area contributed by atoms with Crippen molar-refractivity contribution in [3.63, 3.8) is 0 Å². The molecule has 0 aromatic carbocycles. The third kappa shape index (κ3) is 3.83. The van der Waals surface area contributed by atoms with Gasteiger partial charge in [-0.3, -0.25) is 15.2 Å². The van der Waals surface area contributed by atoms with E-state index in [-0.39, 0.29) is 11.2 Å². The van der Waals surface area contributed by atoms with Crippen molar-refractivity contribution in [1.82, 2.24) is 20.3 Å². The molecule has 0 fully saturated rings. The Kier molecular flexibility index (Phi) is 4.78. The van der Waals surface area contributed by atoms with Gasteiger partial charge in [-0.05, 0) is 20.3 Å². The van der Waals surface area contributed by atoms with Gasteiger partial charge in [-0.15, -0.1) is 5.10 Å². The van der Waals surface area contributed by atoms with Crippen LogP contribution in [0, 0.1) is 6.92 Å². The molecule has 2 aromatic heterocycles. The van der Waals surface area contributed by atoms with Crippen molar-refractivity contribution in [2.24, 2.45) is 0 Å². The molecule has 7 nitrogen and oxygen atoms in total. The van der Waals surface area contributed by atoms with Gasteiger partial charge in [-0.25, -0.2) is 4.98 Å². The first-order chi connectivity index (χ1) is 9.58. The first-order valence-electron chi connectivity index (χ1n) is 6.40. The third-order valence-electron chi connectivity index (χ3n) is 2.52. The average molecular weight is 295 g/mol. The highest BCUT2D eigenvalue weighted by Gasteiger charge is 2.18. The van der Waals surface area contributed by atoms with Crippen LogP contribution in [0.15, 0.2) is 15.7 Å². The van der Waals surface area contributed by atoms with E-state index < -0.39 is 0 Å². The van der Waals surface area contributed by atoms with Crippen molar-refractivity contribution < 1.29 is 9.32 Å². The Bertz CT molecular complexity index is 580. The standard InChI is InChI=1S/C12H17N5O2S/c1-4-5-9-13-12(16-15-9)20-8(3)11(18)14-10-6-7(2)17-19-10/h6,8H,4-5H2,1-3H3,(H,14,18)(H,13,15,16)/t8-/m0/s1. The van der Waals surface area contributed by atoms with Crippen molar-refractivity contribution >= 4 is 23.6 Å². The predicted octanol–water partition coefficient (Wildman–Crippen LogP) is 2.17. The van der Waals surface area contributed by atoms with Crippen LogP contribution in [0.2, 0.25) is 0 Å². The molecule has 1 amide bonds. The molecular formula is C12H17N5O2S. The Morgan fingerprint density at radius 2 is 2.40 bits per heavy atom. The number of anilines is 1. The molecule has 20 heavy (non-hydrogen) atoms. The number of hydrogen-bond donors (Lipinski definition) is 2. The molecule has 0 spiro atoms. The van der Waals surface area contributed by atoms with Crippen LogP contribution in [0.25, 0.3) is 0 Å². The van der Waals surface area contributed by atoms with Crippen LogP contribution >= 0.6 is 11.8 Å². The SMILES string of the molecule is CCCc1nc(S[C@@H](C)C(=O)Nc2cc(C)no2)n[nH]1. The fraction of sp³-hybridized carbons (Fsp3) is 0.500. The molecule has 108 valence electrons. The number of hydrogen-bond acceptors (Lipinski definition) is 6. The van der Waals surface area contributed by atoms with Crippen LogP contribution < -0.4 is 5.32 Å². The number of nitrogens with one attached hydrogen (secondary N) is 2. The van der Waals surface area contributed by atoms with Gasteiger partial charge in [-0.1, -0.05) is 23.8 Å². The zero-order chi connectivity index (χ0) is 14.5.